The number of urea groups is 1. The number of carbonyl (C=O) groups is 2. The monoisotopic (exact) mass is 265 g/mol. The van der Waals surface area contributed by atoms with E-state index in [1.807, 2.05) is 7.05 Å². The van der Waals surface area contributed by atoms with Crippen LogP contribution in [-0.4, -0.2) is 37.2 Å². The van der Waals surface area contributed by atoms with Crippen molar-refractivity contribution in [3.8, 4) is 0 Å². The van der Waals surface area contributed by atoms with Gasteiger partial charge in [0.1, 0.15) is 0 Å². The first-order valence-electron chi connectivity index (χ1n) is 6.12. The molecule has 0 heterocycles. The number of carbonyl (C=O) groups excluding carboxylic acids is 1. The number of nitrogens with one attached hydrogen (secondary N) is 3. The second-order valence-electron chi connectivity index (χ2n) is 4.07. The maximum absolute atomic E-state index is 11.4. The SMILES string of the molecule is CNCCCNC(=O)NCc1cccc(C(=O)O)c1. The Kier molecular flexibility index (Phi) is 6.38. The highest BCUT2D eigenvalue weighted by Gasteiger charge is 2.04. The summed E-state index contributed by atoms with van der Waals surface area (Å²) >= 11 is 0. The zero-order valence-electron chi connectivity index (χ0n) is 10.9. The van der Waals surface area contributed by atoms with Crippen LogP contribution in [0.3, 0.4) is 0 Å². The predicted octanol–water partition coefficient (Wildman–Crippen LogP) is 0.793. The van der Waals surface area contributed by atoms with Crippen LogP contribution in [0.2, 0.25) is 0 Å². The van der Waals surface area contributed by atoms with Crippen molar-refractivity contribution in [3.63, 3.8) is 0 Å². The highest BCUT2D eigenvalue weighted by molar-refractivity contribution is 5.87. The van der Waals surface area contributed by atoms with E-state index >= 15 is 0 Å². The van der Waals surface area contributed by atoms with Gasteiger partial charge in [-0.3, -0.25) is 0 Å². The van der Waals surface area contributed by atoms with E-state index in [4.69, 9.17) is 5.11 Å². The van der Waals surface area contributed by atoms with E-state index in [1.165, 1.54) is 6.07 Å². The van der Waals surface area contributed by atoms with Gasteiger partial charge in [0.2, 0.25) is 0 Å². The topological polar surface area (TPSA) is 90.5 Å². The zero-order valence-corrected chi connectivity index (χ0v) is 10.9. The number of amides is 2. The molecule has 6 nitrogen and oxygen atoms in total. The Hall–Kier alpha value is -2.08. The first-order chi connectivity index (χ1) is 9.13. The lowest BCUT2D eigenvalue weighted by Crippen LogP contribution is -2.36. The van der Waals surface area contributed by atoms with Crippen LogP contribution in [0, 0.1) is 0 Å². The van der Waals surface area contributed by atoms with Crippen molar-refractivity contribution < 1.29 is 14.7 Å². The summed E-state index contributed by atoms with van der Waals surface area (Å²) in [7, 11) is 1.86. The van der Waals surface area contributed by atoms with E-state index in [0.29, 0.717) is 13.1 Å². The Morgan fingerprint density at radius 3 is 2.68 bits per heavy atom. The van der Waals surface area contributed by atoms with Crippen LogP contribution in [0.4, 0.5) is 4.79 Å². The lowest BCUT2D eigenvalue weighted by atomic mass is 10.1. The van der Waals surface area contributed by atoms with Crippen molar-refractivity contribution in [1.29, 1.82) is 0 Å². The second-order valence-corrected chi connectivity index (χ2v) is 4.07. The molecule has 0 fully saturated rings. The molecule has 0 atom stereocenters. The molecular formula is C13H19N3O3. The van der Waals surface area contributed by atoms with E-state index in [0.717, 1.165) is 18.5 Å². The third-order valence-electron chi connectivity index (χ3n) is 2.52. The zero-order chi connectivity index (χ0) is 14.1. The summed E-state index contributed by atoms with van der Waals surface area (Å²) in [5.41, 5.74) is 0.971. The largest absolute Gasteiger partial charge is 0.478 e. The van der Waals surface area contributed by atoms with Gasteiger partial charge in [0.05, 0.1) is 5.56 Å². The first kappa shape index (κ1) is 15.0. The molecule has 0 aliphatic carbocycles. The van der Waals surface area contributed by atoms with Crippen LogP contribution in [0.1, 0.15) is 22.3 Å². The molecule has 0 bridgehead atoms. The molecule has 1 aromatic carbocycles. The van der Waals surface area contributed by atoms with E-state index < -0.39 is 5.97 Å². The highest BCUT2D eigenvalue weighted by Crippen LogP contribution is 2.04. The quantitative estimate of drug-likeness (QED) is 0.549. The molecule has 2 amide bonds. The molecular weight excluding hydrogens is 246 g/mol. The third-order valence-corrected chi connectivity index (χ3v) is 2.52. The van der Waals surface area contributed by atoms with E-state index in [9.17, 15) is 9.59 Å². The summed E-state index contributed by atoms with van der Waals surface area (Å²) in [5.74, 6) is -0.974. The molecule has 1 rings (SSSR count). The van der Waals surface area contributed by atoms with Gasteiger partial charge in [0, 0.05) is 13.1 Å². The number of carboxylic acids is 1. The first-order valence-corrected chi connectivity index (χ1v) is 6.12. The summed E-state index contributed by atoms with van der Waals surface area (Å²) in [4.78, 5) is 22.2. The Balaban J connectivity index is 2.33. The van der Waals surface area contributed by atoms with Crippen LogP contribution in [0.25, 0.3) is 0 Å². The van der Waals surface area contributed by atoms with Gasteiger partial charge < -0.3 is 21.1 Å². The minimum Gasteiger partial charge on any atom is -0.478 e. The summed E-state index contributed by atoms with van der Waals surface area (Å²) in [5, 5.41) is 17.2. The fourth-order valence-corrected chi connectivity index (χ4v) is 1.53. The smallest absolute Gasteiger partial charge is 0.335 e. The molecule has 0 spiro atoms. The van der Waals surface area contributed by atoms with Gasteiger partial charge in [0.15, 0.2) is 0 Å². The molecule has 0 saturated carbocycles. The van der Waals surface area contributed by atoms with Crippen LogP contribution in [0.5, 0.6) is 0 Å². The van der Waals surface area contributed by atoms with Gasteiger partial charge in [-0.1, -0.05) is 12.1 Å². The van der Waals surface area contributed by atoms with Gasteiger partial charge in [-0.15, -0.1) is 0 Å². The number of carboxylic acid groups (broad SMARTS) is 1. The molecule has 0 saturated heterocycles. The standard InChI is InChI=1S/C13H19N3O3/c1-14-6-3-7-15-13(19)16-9-10-4-2-5-11(8-10)12(17)18/h2,4-5,8,14H,3,6-7,9H2,1H3,(H,17,18)(H2,15,16,19). The Bertz CT molecular complexity index is 435. The minimum atomic E-state index is -0.974. The predicted molar refractivity (Wildman–Crippen MR) is 72.2 cm³/mol. The Labute approximate surface area is 112 Å². The number of hydrogen-bond donors (Lipinski definition) is 4. The van der Waals surface area contributed by atoms with Crippen molar-refractivity contribution in [3.05, 3.63) is 35.4 Å². The normalized spacial score (nSPS) is 9.95. The minimum absolute atomic E-state index is 0.216. The van der Waals surface area contributed by atoms with Crippen molar-refractivity contribution in [2.24, 2.45) is 0 Å². The van der Waals surface area contributed by atoms with Crippen molar-refractivity contribution in [2.45, 2.75) is 13.0 Å². The van der Waals surface area contributed by atoms with Crippen molar-refractivity contribution in [1.82, 2.24) is 16.0 Å². The fraction of sp³-hybridized carbons (Fsp3) is 0.385. The summed E-state index contributed by atoms with van der Waals surface area (Å²) in [6.07, 6.45) is 0.860. The average Bonchev–Trinajstić information content (AvgIpc) is 2.41. The second kappa shape index (κ2) is 8.10. The van der Waals surface area contributed by atoms with E-state index in [2.05, 4.69) is 16.0 Å². The molecule has 0 aromatic heterocycles. The third kappa shape index (κ3) is 5.87. The van der Waals surface area contributed by atoms with E-state index in [-0.39, 0.29) is 11.6 Å². The molecule has 104 valence electrons. The number of hydrogen-bond acceptors (Lipinski definition) is 3. The Morgan fingerprint density at radius 2 is 2.00 bits per heavy atom. The molecule has 0 radical (unpaired) electrons. The summed E-state index contributed by atoms with van der Waals surface area (Å²) in [6, 6.07) is 6.24. The van der Waals surface area contributed by atoms with Crippen LogP contribution < -0.4 is 16.0 Å². The number of benzene rings is 1. The van der Waals surface area contributed by atoms with Gasteiger partial charge >= 0.3 is 12.0 Å². The van der Waals surface area contributed by atoms with Crippen LogP contribution in [0.15, 0.2) is 24.3 Å². The van der Waals surface area contributed by atoms with Crippen LogP contribution >= 0.6 is 0 Å². The lowest BCUT2D eigenvalue weighted by molar-refractivity contribution is 0.0696. The molecule has 0 aliphatic rings. The van der Waals surface area contributed by atoms with Crippen molar-refractivity contribution >= 4 is 12.0 Å². The summed E-state index contributed by atoms with van der Waals surface area (Å²) in [6.45, 7) is 1.75. The van der Waals surface area contributed by atoms with Gasteiger partial charge in [-0.05, 0) is 37.7 Å². The van der Waals surface area contributed by atoms with Crippen molar-refractivity contribution in [2.75, 3.05) is 20.1 Å². The Morgan fingerprint density at radius 1 is 1.21 bits per heavy atom. The molecule has 1 aromatic rings. The van der Waals surface area contributed by atoms with Crippen LogP contribution in [-0.2, 0) is 6.54 Å². The highest BCUT2D eigenvalue weighted by atomic mass is 16.4. The molecule has 4 N–H and O–H groups in total. The fourth-order valence-electron chi connectivity index (χ4n) is 1.53. The molecule has 19 heavy (non-hydrogen) atoms. The lowest BCUT2D eigenvalue weighted by Gasteiger charge is -2.08. The van der Waals surface area contributed by atoms with Gasteiger partial charge in [-0.25, -0.2) is 9.59 Å². The average molecular weight is 265 g/mol. The molecule has 6 heteroatoms. The molecule has 0 aliphatic heterocycles. The molecule has 0 unspecified atom stereocenters. The van der Waals surface area contributed by atoms with E-state index in [1.54, 1.807) is 18.2 Å². The van der Waals surface area contributed by atoms with Gasteiger partial charge in [0.25, 0.3) is 0 Å². The maximum Gasteiger partial charge on any atom is 0.335 e. The number of rotatable bonds is 7. The number of aromatic carboxylic acids is 1. The summed E-state index contributed by atoms with van der Waals surface area (Å²) < 4.78 is 0. The van der Waals surface area contributed by atoms with Gasteiger partial charge in [-0.2, -0.15) is 0 Å². The maximum atomic E-state index is 11.4.